The van der Waals surface area contributed by atoms with Crippen molar-refractivity contribution in [3.63, 3.8) is 0 Å². The molecule has 5 nitrogen and oxygen atoms in total. The van der Waals surface area contributed by atoms with Gasteiger partial charge in [0, 0.05) is 26.2 Å². The van der Waals surface area contributed by atoms with Gasteiger partial charge in [-0.2, -0.15) is 0 Å². The van der Waals surface area contributed by atoms with E-state index in [9.17, 15) is 9.59 Å². The van der Waals surface area contributed by atoms with E-state index in [0.29, 0.717) is 43.4 Å². The summed E-state index contributed by atoms with van der Waals surface area (Å²) in [6.07, 6.45) is 2.23. The first-order chi connectivity index (χ1) is 12.1. The summed E-state index contributed by atoms with van der Waals surface area (Å²) < 4.78 is 5.47. The van der Waals surface area contributed by atoms with Crippen molar-refractivity contribution in [3.05, 3.63) is 34.8 Å². The molecule has 2 unspecified atom stereocenters. The van der Waals surface area contributed by atoms with Crippen LogP contribution < -0.4 is 0 Å². The third-order valence-electron chi connectivity index (χ3n) is 5.84. The minimum atomic E-state index is 0.000573. The number of furan rings is 1. The Morgan fingerprint density at radius 2 is 1.69 bits per heavy atom. The van der Waals surface area contributed by atoms with Gasteiger partial charge >= 0.3 is 0 Å². The van der Waals surface area contributed by atoms with Crippen molar-refractivity contribution in [2.45, 2.75) is 41.5 Å². The van der Waals surface area contributed by atoms with Gasteiger partial charge < -0.3 is 14.2 Å². The number of carbonyl (C=O) groups excluding carboxylic acids is 2. The van der Waals surface area contributed by atoms with Crippen LogP contribution in [-0.4, -0.2) is 47.8 Å². The monoisotopic (exact) mass is 358 g/mol. The molecule has 1 aromatic rings. The van der Waals surface area contributed by atoms with Crippen molar-refractivity contribution in [3.8, 4) is 0 Å². The van der Waals surface area contributed by atoms with E-state index in [1.54, 1.807) is 6.07 Å². The first-order valence-corrected chi connectivity index (χ1v) is 9.43. The first kappa shape index (κ1) is 18.7. The quantitative estimate of drug-likeness (QED) is 0.778. The Labute approximate surface area is 156 Å². The number of amides is 2. The number of carbonyl (C=O) groups is 2. The minimum Gasteiger partial charge on any atom is -0.466 e. The SMILES string of the molecule is CC(C)=CC1C(C(=O)N2CCN(C(=O)c3cc(C)oc3C)CC2)C1(C)C. The Hall–Kier alpha value is -2.04. The maximum atomic E-state index is 13.0. The van der Waals surface area contributed by atoms with E-state index in [0.717, 1.165) is 5.76 Å². The van der Waals surface area contributed by atoms with E-state index in [2.05, 4.69) is 33.8 Å². The van der Waals surface area contributed by atoms with Crippen LogP contribution in [0.3, 0.4) is 0 Å². The standard InChI is InChI=1S/C21H30N2O3/c1-13(2)11-17-18(21(17,5)6)20(25)23-9-7-22(8-10-23)19(24)16-12-14(3)26-15(16)4/h11-12,17-18H,7-10H2,1-6H3. The number of piperazine rings is 1. The average molecular weight is 358 g/mol. The molecule has 1 aromatic heterocycles. The molecule has 2 fully saturated rings. The highest BCUT2D eigenvalue weighted by Crippen LogP contribution is 2.60. The highest BCUT2D eigenvalue weighted by Gasteiger charge is 2.61. The van der Waals surface area contributed by atoms with Gasteiger partial charge in [0.15, 0.2) is 0 Å². The van der Waals surface area contributed by atoms with Gasteiger partial charge in [0.1, 0.15) is 11.5 Å². The maximum absolute atomic E-state index is 13.0. The molecule has 2 heterocycles. The Kier molecular flexibility index (Phi) is 4.76. The van der Waals surface area contributed by atoms with Gasteiger partial charge in [-0.05, 0) is 45.1 Å². The molecule has 2 atom stereocenters. The van der Waals surface area contributed by atoms with Crippen LogP contribution in [0.4, 0.5) is 0 Å². The van der Waals surface area contributed by atoms with Crippen LogP contribution in [-0.2, 0) is 4.79 Å². The van der Waals surface area contributed by atoms with Crippen LogP contribution in [0.5, 0.6) is 0 Å². The summed E-state index contributed by atoms with van der Waals surface area (Å²) in [5.41, 5.74) is 1.93. The Bertz CT molecular complexity index is 747. The van der Waals surface area contributed by atoms with Crippen molar-refractivity contribution in [2.75, 3.05) is 26.2 Å². The molecule has 0 bridgehead atoms. The Morgan fingerprint density at radius 3 is 2.19 bits per heavy atom. The average Bonchev–Trinajstić information content (AvgIpc) is 2.91. The number of hydrogen-bond acceptors (Lipinski definition) is 3. The molecular formula is C21H30N2O3. The summed E-state index contributed by atoms with van der Waals surface area (Å²) >= 11 is 0. The number of hydrogen-bond donors (Lipinski definition) is 0. The second kappa shape index (κ2) is 6.60. The Morgan fingerprint density at radius 1 is 1.12 bits per heavy atom. The predicted octanol–water partition coefficient (Wildman–Crippen LogP) is 3.42. The van der Waals surface area contributed by atoms with Crippen LogP contribution >= 0.6 is 0 Å². The van der Waals surface area contributed by atoms with E-state index in [1.807, 2.05) is 23.6 Å². The second-order valence-corrected chi connectivity index (χ2v) is 8.51. The number of nitrogens with zero attached hydrogens (tertiary/aromatic N) is 2. The van der Waals surface area contributed by atoms with Crippen molar-refractivity contribution in [1.29, 1.82) is 0 Å². The van der Waals surface area contributed by atoms with Gasteiger partial charge in [-0.1, -0.05) is 25.5 Å². The predicted molar refractivity (Wildman–Crippen MR) is 101 cm³/mol. The molecule has 26 heavy (non-hydrogen) atoms. The molecule has 0 radical (unpaired) electrons. The van der Waals surface area contributed by atoms with Crippen LogP contribution in [0.2, 0.25) is 0 Å². The summed E-state index contributed by atoms with van der Waals surface area (Å²) in [6, 6.07) is 1.80. The van der Waals surface area contributed by atoms with E-state index < -0.39 is 0 Å². The molecule has 0 spiro atoms. The van der Waals surface area contributed by atoms with Gasteiger partial charge in [-0.25, -0.2) is 0 Å². The van der Waals surface area contributed by atoms with Gasteiger partial charge in [-0.3, -0.25) is 9.59 Å². The van der Waals surface area contributed by atoms with E-state index in [1.165, 1.54) is 5.57 Å². The molecule has 2 amide bonds. The maximum Gasteiger partial charge on any atom is 0.257 e. The summed E-state index contributed by atoms with van der Waals surface area (Å²) in [6.45, 7) is 14.5. The molecule has 5 heteroatoms. The molecule has 1 saturated carbocycles. The molecule has 1 aliphatic carbocycles. The lowest BCUT2D eigenvalue weighted by Gasteiger charge is -2.35. The van der Waals surface area contributed by atoms with E-state index >= 15 is 0 Å². The number of aryl methyl sites for hydroxylation is 2. The number of allylic oxidation sites excluding steroid dienone is 2. The van der Waals surface area contributed by atoms with Crippen LogP contribution in [0.25, 0.3) is 0 Å². The molecule has 3 rings (SSSR count). The lowest BCUT2D eigenvalue weighted by Crippen LogP contribution is -2.51. The zero-order chi connectivity index (χ0) is 19.2. The van der Waals surface area contributed by atoms with Crippen LogP contribution in [0.1, 0.15) is 49.6 Å². The summed E-state index contributed by atoms with van der Waals surface area (Å²) in [5, 5.41) is 0. The van der Waals surface area contributed by atoms with Gasteiger partial charge in [0.2, 0.25) is 5.91 Å². The smallest absolute Gasteiger partial charge is 0.257 e. The molecule has 142 valence electrons. The Balaban J connectivity index is 1.60. The van der Waals surface area contributed by atoms with Gasteiger partial charge in [0.05, 0.1) is 11.5 Å². The molecule has 0 aromatic carbocycles. The lowest BCUT2D eigenvalue weighted by atomic mass is 10.1. The van der Waals surface area contributed by atoms with Crippen LogP contribution in [0.15, 0.2) is 22.1 Å². The zero-order valence-corrected chi connectivity index (χ0v) is 16.8. The zero-order valence-electron chi connectivity index (χ0n) is 16.8. The fraction of sp³-hybridized carbons (Fsp3) is 0.619. The van der Waals surface area contributed by atoms with Crippen molar-refractivity contribution >= 4 is 11.8 Å². The molecule has 1 aliphatic heterocycles. The highest BCUT2D eigenvalue weighted by atomic mass is 16.3. The number of rotatable bonds is 3. The van der Waals surface area contributed by atoms with Crippen molar-refractivity contribution in [2.24, 2.45) is 17.3 Å². The molecule has 2 aliphatic rings. The largest absolute Gasteiger partial charge is 0.466 e. The summed E-state index contributed by atoms with van der Waals surface area (Å²) in [5.74, 6) is 2.05. The minimum absolute atomic E-state index is 0.000573. The lowest BCUT2D eigenvalue weighted by molar-refractivity contribution is -0.135. The van der Waals surface area contributed by atoms with Crippen LogP contribution in [0, 0.1) is 31.1 Å². The third-order valence-corrected chi connectivity index (χ3v) is 5.84. The van der Waals surface area contributed by atoms with Gasteiger partial charge in [-0.15, -0.1) is 0 Å². The van der Waals surface area contributed by atoms with E-state index in [-0.39, 0.29) is 23.1 Å². The normalized spacial score (nSPS) is 24.4. The summed E-state index contributed by atoms with van der Waals surface area (Å²) in [4.78, 5) is 29.4. The molecule has 1 saturated heterocycles. The fourth-order valence-corrected chi connectivity index (χ4v) is 4.16. The molecule has 0 N–H and O–H groups in total. The summed E-state index contributed by atoms with van der Waals surface area (Å²) in [7, 11) is 0. The van der Waals surface area contributed by atoms with E-state index in [4.69, 9.17) is 4.42 Å². The van der Waals surface area contributed by atoms with Crippen molar-refractivity contribution in [1.82, 2.24) is 9.80 Å². The molecular weight excluding hydrogens is 328 g/mol. The van der Waals surface area contributed by atoms with Crippen molar-refractivity contribution < 1.29 is 14.0 Å². The first-order valence-electron chi connectivity index (χ1n) is 9.43. The fourth-order valence-electron chi connectivity index (χ4n) is 4.16. The highest BCUT2D eigenvalue weighted by molar-refractivity contribution is 5.95. The third kappa shape index (κ3) is 3.31. The topological polar surface area (TPSA) is 53.8 Å². The second-order valence-electron chi connectivity index (χ2n) is 8.51. The van der Waals surface area contributed by atoms with Gasteiger partial charge in [0.25, 0.3) is 5.91 Å².